The molecule has 11 heteroatoms. The molecule has 0 heterocycles. The number of sulfonamides is 1. The zero-order valence-electron chi connectivity index (χ0n) is 22.2. The van der Waals surface area contributed by atoms with E-state index < -0.39 is 15.6 Å². The average molecular weight is 575 g/mol. The summed E-state index contributed by atoms with van der Waals surface area (Å²) in [5, 5.41) is 0.0946. The Morgan fingerprint density at radius 3 is 2.18 bits per heavy atom. The highest BCUT2D eigenvalue weighted by Gasteiger charge is 2.43. The van der Waals surface area contributed by atoms with E-state index in [1.807, 2.05) is 34.6 Å². The Morgan fingerprint density at radius 2 is 1.68 bits per heavy atom. The lowest BCUT2D eigenvalue weighted by atomic mass is 10.1. The van der Waals surface area contributed by atoms with Crippen LogP contribution < -0.4 is 0 Å². The van der Waals surface area contributed by atoms with Crippen LogP contribution in [0.15, 0.2) is 0 Å². The number of amides is 1. The highest BCUT2D eigenvalue weighted by molar-refractivity contribution is 8.70. The van der Waals surface area contributed by atoms with Crippen molar-refractivity contribution in [3.05, 3.63) is 0 Å². The van der Waals surface area contributed by atoms with Crippen molar-refractivity contribution in [3.8, 4) is 0 Å². The number of ether oxygens (including phenoxy) is 1. The molecule has 2 atom stereocenters. The van der Waals surface area contributed by atoms with E-state index in [4.69, 9.17) is 28.8 Å². The summed E-state index contributed by atoms with van der Waals surface area (Å²) in [6, 6.07) is 0. The van der Waals surface area contributed by atoms with Crippen LogP contribution >= 0.6 is 29.1 Å². The molecule has 0 aromatic heterocycles. The molecule has 0 N–H and O–H groups in total. The van der Waals surface area contributed by atoms with Gasteiger partial charge in [-0.05, 0) is 43.9 Å². The summed E-state index contributed by atoms with van der Waals surface area (Å²) < 4.78 is 36.0. The van der Waals surface area contributed by atoms with E-state index >= 15 is 0 Å². The molecule has 0 aromatic carbocycles. The topological polar surface area (TPSA) is 66.9 Å². The van der Waals surface area contributed by atoms with Crippen molar-refractivity contribution in [3.63, 3.8) is 0 Å². The van der Waals surface area contributed by atoms with E-state index in [0.717, 1.165) is 44.9 Å². The van der Waals surface area contributed by atoms with Crippen molar-refractivity contribution in [1.29, 1.82) is 0 Å². The zero-order valence-corrected chi connectivity index (χ0v) is 26.4. The van der Waals surface area contributed by atoms with E-state index in [2.05, 4.69) is 6.92 Å². The number of hydrogen-bond acceptors (Lipinski definition) is 7. The minimum absolute atomic E-state index is 0.0229. The third-order valence-electron chi connectivity index (χ3n) is 5.90. The molecule has 0 rings (SSSR count). The Balaban J connectivity index is 6.23. The van der Waals surface area contributed by atoms with Crippen LogP contribution in [0.25, 0.3) is 0 Å². The van der Waals surface area contributed by atoms with Gasteiger partial charge in [-0.15, -0.1) is 4.08 Å². The molecule has 1 amide bonds. The highest BCUT2D eigenvalue weighted by atomic mass is 32.9. The van der Waals surface area contributed by atoms with E-state index in [1.165, 1.54) is 20.1 Å². The summed E-state index contributed by atoms with van der Waals surface area (Å²) in [5.74, 6) is -0.253. The fourth-order valence-electron chi connectivity index (χ4n) is 3.31. The van der Waals surface area contributed by atoms with E-state index in [1.54, 1.807) is 7.05 Å². The van der Waals surface area contributed by atoms with E-state index in [-0.39, 0.29) is 36.0 Å². The van der Waals surface area contributed by atoms with Crippen LogP contribution in [0, 0.1) is 5.92 Å². The number of unbranched alkanes of at least 4 members (excludes halogenated alkanes) is 3. The normalized spacial score (nSPS) is 14.9. The van der Waals surface area contributed by atoms with Crippen LogP contribution in [0.5, 0.6) is 0 Å². The molecule has 0 aliphatic heterocycles. The molecule has 0 bridgehead atoms. The van der Waals surface area contributed by atoms with Crippen LogP contribution in [-0.4, -0.2) is 65.7 Å². The lowest BCUT2D eigenvalue weighted by Crippen LogP contribution is -2.41. The molecule has 0 aliphatic carbocycles. The van der Waals surface area contributed by atoms with Crippen LogP contribution in [0.3, 0.4) is 0 Å². The minimum Gasteiger partial charge on any atom is -0.380 e. The Kier molecular flexibility index (Phi) is 18.0. The molecule has 0 saturated heterocycles. The molecule has 0 radical (unpaired) electrons. The molecule has 34 heavy (non-hydrogen) atoms. The molecule has 6 nitrogen and oxygen atoms in total. The first kappa shape index (κ1) is 34.4. The third kappa shape index (κ3) is 11.2. The number of thiocarbonyl (C=S) groups is 1. The van der Waals surface area contributed by atoms with Crippen LogP contribution in [-0.2, 0) is 31.4 Å². The van der Waals surface area contributed by atoms with Gasteiger partial charge < -0.3 is 4.74 Å². The lowest BCUT2D eigenvalue weighted by molar-refractivity contribution is -0.118. The lowest BCUT2D eigenvalue weighted by Gasteiger charge is -2.41. The summed E-state index contributed by atoms with van der Waals surface area (Å²) in [6.45, 7) is 13.0. The average Bonchev–Trinajstić information content (AvgIpc) is 2.81. The van der Waals surface area contributed by atoms with E-state index in [0.29, 0.717) is 17.9 Å². The molecular weight excluding hydrogens is 528 g/mol. The quantitative estimate of drug-likeness (QED) is 0.0917. The molecule has 2 unspecified atom stereocenters. The molecule has 0 aromatic rings. The molecule has 0 aliphatic rings. The van der Waals surface area contributed by atoms with Gasteiger partial charge in [0.05, 0.1) is 17.2 Å². The maximum absolute atomic E-state index is 13.8. The number of nitrogens with zero attached hydrogens (tertiary/aromatic N) is 2. The number of carbonyl (C=O) groups is 1. The number of hydrogen-bond donors (Lipinski definition) is 0. The second kappa shape index (κ2) is 17.8. The van der Waals surface area contributed by atoms with Crippen molar-refractivity contribution in [2.75, 3.05) is 32.6 Å². The van der Waals surface area contributed by atoms with Crippen molar-refractivity contribution in [2.24, 2.45) is 5.92 Å². The summed E-state index contributed by atoms with van der Waals surface area (Å²) in [6.07, 6.45) is 6.98. The summed E-state index contributed by atoms with van der Waals surface area (Å²) in [5.41, 5.74) is -3.08. The van der Waals surface area contributed by atoms with Crippen LogP contribution in [0.4, 0.5) is 0 Å². The van der Waals surface area contributed by atoms with Crippen molar-refractivity contribution < 1.29 is 17.9 Å². The van der Waals surface area contributed by atoms with Crippen molar-refractivity contribution in [1.82, 2.24) is 8.75 Å². The first-order chi connectivity index (χ1) is 15.9. The Morgan fingerprint density at radius 1 is 1.06 bits per heavy atom. The molecular formula is C23H47N2O4PS4. The fraction of sp³-hybridized carbons (Fsp3) is 0.913. The van der Waals surface area contributed by atoms with Gasteiger partial charge in [-0.3, -0.25) is 9.46 Å². The van der Waals surface area contributed by atoms with Crippen LogP contribution in [0.2, 0.25) is 0 Å². The largest absolute Gasteiger partial charge is 0.380 e. The number of carbonyl (C=O) groups excluding carboxylic acids is 1. The standard InChI is InChI=1S/C23H47N2O4PS4/c1-8-13-14-15-16-22(31)23(26)24(7)30(32,33-20(6)9-2)25(17-18-29-12-5)34(27,28)19-21(10-3)11-4/h20-21H,8-19H2,1-7H3. The van der Waals surface area contributed by atoms with E-state index in [9.17, 15) is 13.2 Å². The maximum atomic E-state index is 13.8. The maximum Gasteiger partial charge on any atom is 0.265 e. The summed E-state index contributed by atoms with van der Waals surface area (Å²) in [7, 11) is -2.09. The Hall–Kier alpha value is 0.430. The highest BCUT2D eigenvalue weighted by Crippen LogP contribution is 2.67. The Bertz CT molecular complexity index is 760. The number of rotatable bonds is 20. The molecule has 0 fully saturated rings. The van der Waals surface area contributed by atoms with Gasteiger partial charge in [0.15, 0.2) is 5.54 Å². The summed E-state index contributed by atoms with van der Waals surface area (Å²) in [4.78, 5) is 13.7. The zero-order chi connectivity index (χ0) is 26.4. The third-order valence-corrected chi connectivity index (χ3v) is 18.1. The van der Waals surface area contributed by atoms with Crippen molar-refractivity contribution in [2.45, 2.75) is 98.2 Å². The van der Waals surface area contributed by atoms with Gasteiger partial charge >= 0.3 is 0 Å². The summed E-state index contributed by atoms with van der Waals surface area (Å²) >= 11 is 13.1. The molecule has 0 spiro atoms. The minimum atomic E-state index is -3.73. The second-order valence-electron chi connectivity index (χ2n) is 8.58. The second-order valence-corrected chi connectivity index (χ2v) is 18.7. The van der Waals surface area contributed by atoms with Gasteiger partial charge in [0.1, 0.15) is 0 Å². The van der Waals surface area contributed by atoms with Gasteiger partial charge in [-0.2, -0.15) is 0 Å². The molecule has 202 valence electrons. The molecule has 0 saturated carbocycles. The predicted octanol–water partition coefficient (Wildman–Crippen LogP) is 6.65. The SMILES string of the molecule is CCCCCCC(=S)C(=O)N(C)P(=S)(SC(C)CC)N(CCOCC)S(=O)(=O)CC(CC)CC. The Labute approximate surface area is 224 Å². The first-order valence-electron chi connectivity index (χ1n) is 12.6. The smallest absolute Gasteiger partial charge is 0.265 e. The monoisotopic (exact) mass is 574 g/mol. The van der Waals surface area contributed by atoms with Gasteiger partial charge in [-0.25, -0.2) is 8.42 Å². The van der Waals surface area contributed by atoms with Crippen LogP contribution in [0.1, 0.15) is 92.9 Å². The predicted molar refractivity (Wildman–Crippen MR) is 157 cm³/mol. The first-order valence-corrected chi connectivity index (χ1v) is 18.8. The van der Waals surface area contributed by atoms with Gasteiger partial charge in [0.2, 0.25) is 10.0 Å². The van der Waals surface area contributed by atoms with Gasteiger partial charge in [0, 0.05) is 25.4 Å². The van der Waals surface area contributed by atoms with Gasteiger partial charge in [-0.1, -0.05) is 90.3 Å². The van der Waals surface area contributed by atoms with Crippen molar-refractivity contribution >= 4 is 61.7 Å². The fourth-order valence-corrected chi connectivity index (χ4v) is 15.9. The van der Waals surface area contributed by atoms with Gasteiger partial charge in [0.25, 0.3) is 5.91 Å².